The van der Waals surface area contributed by atoms with Gasteiger partial charge in [0.05, 0.1) is 24.4 Å². The van der Waals surface area contributed by atoms with Crippen LogP contribution < -0.4 is 0 Å². The largest absolute Gasteiger partial charge is 0.512 e. The van der Waals surface area contributed by atoms with Gasteiger partial charge in [0.2, 0.25) is 0 Å². The van der Waals surface area contributed by atoms with Crippen molar-refractivity contribution in [2.24, 2.45) is 11.8 Å². The van der Waals surface area contributed by atoms with E-state index < -0.39 is 30.0 Å². The van der Waals surface area contributed by atoms with Gasteiger partial charge in [-0.25, -0.2) is 0 Å². The van der Waals surface area contributed by atoms with E-state index in [0.717, 1.165) is 5.56 Å². The molecule has 0 amide bonds. The highest BCUT2D eigenvalue weighted by molar-refractivity contribution is 5.67. The number of allylic oxidation sites excluding steroid dienone is 1. The lowest BCUT2D eigenvalue weighted by molar-refractivity contribution is -0.139. The average Bonchev–Trinajstić information content (AvgIpc) is 2.79. The highest BCUT2D eigenvalue weighted by Crippen LogP contribution is 2.39. The van der Waals surface area contributed by atoms with Gasteiger partial charge in [-0.05, 0) is 24.0 Å². The van der Waals surface area contributed by atoms with E-state index in [2.05, 4.69) is 0 Å². The Labute approximate surface area is 135 Å². The Hall–Kier alpha value is -1.85. The lowest BCUT2D eigenvalue weighted by atomic mass is 9.87. The Bertz CT molecular complexity index is 554. The van der Waals surface area contributed by atoms with Gasteiger partial charge in [0.15, 0.2) is 0 Å². The number of rotatable bonds is 6. The fourth-order valence-corrected chi connectivity index (χ4v) is 3.33. The number of aliphatic hydroxyl groups is 3. The Morgan fingerprint density at radius 2 is 1.87 bits per heavy atom. The topological polar surface area (TPSA) is 98.0 Å². The predicted octanol–water partition coefficient (Wildman–Crippen LogP) is 2.45. The van der Waals surface area contributed by atoms with E-state index in [9.17, 15) is 20.1 Å². The summed E-state index contributed by atoms with van der Waals surface area (Å²) in [5, 5.41) is 39.2. The fourth-order valence-electron chi connectivity index (χ4n) is 3.33. The van der Waals surface area contributed by atoms with Crippen molar-refractivity contribution < 1.29 is 25.2 Å². The van der Waals surface area contributed by atoms with Crippen molar-refractivity contribution in [3.8, 4) is 0 Å². The van der Waals surface area contributed by atoms with Crippen molar-refractivity contribution in [2.75, 3.05) is 0 Å². The van der Waals surface area contributed by atoms with Gasteiger partial charge >= 0.3 is 5.97 Å². The minimum absolute atomic E-state index is 0.0249. The molecule has 1 aromatic rings. The summed E-state index contributed by atoms with van der Waals surface area (Å²) in [7, 11) is 0. The fraction of sp³-hybridized carbons (Fsp3) is 0.500. The molecule has 1 aliphatic carbocycles. The molecule has 5 nitrogen and oxygen atoms in total. The molecule has 4 N–H and O–H groups in total. The molecule has 2 rings (SSSR count). The maximum atomic E-state index is 10.9. The summed E-state index contributed by atoms with van der Waals surface area (Å²) in [6.07, 6.45) is 0.211. The summed E-state index contributed by atoms with van der Waals surface area (Å²) < 4.78 is 0. The second kappa shape index (κ2) is 7.62. The van der Waals surface area contributed by atoms with Gasteiger partial charge in [-0.3, -0.25) is 4.79 Å². The molecule has 0 bridgehead atoms. The molecular formula is C18H24O5. The number of carboxylic acid groups (broad SMARTS) is 1. The minimum atomic E-state index is -1.04. The Morgan fingerprint density at radius 3 is 2.48 bits per heavy atom. The van der Waals surface area contributed by atoms with Crippen molar-refractivity contribution in [3.63, 3.8) is 0 Å². The molecular weight excluding hydrogens is 296 g/mol. The summed E-state index contributed by atoms with van der Waals surface area (Å²) in [6, 6.07) is 9.87. The van der Waals surface area contributed by atoms with Crippen LogP contribution in [0.2, 0.25) is 0 Å². The van der Waals surface area contributed by atoms with Crippen LogP contribution in [-0.4, -0.2) is 38.6 Å². The molecule has 23 heavy (non-hydrogen) atoms. The molecule has 0 heterocycles. The number of aliphatic hydroxyl groups excluding tert-OH is 3. The Morgan fingerprint density at radius 1 is 1.22 bits per heavy atom. The first kappa shape index (κ1) is 17.5. The number of benzene rings is 1. The molecule has 5 heteroatoms. The van der Waals surface area contributed by atoms with E-state index in [-0.39, 0.29) is 24.5 Å². The number of carbonyl (C=O) groups is 1. The zero-order valence-corrected chi connectivity index (χ0v) is 13.2. The molecule has 0 aliphatic heterocycles. The average molecular weight is 320 g/mol. The van der Waals surface area contributed by atoms with Crippen molar-refractivity contribution >= 4 is 5.97 Å². The van der Waals surface area contributed by atoms with Gasteiger partial charge in [0.25, 0.3) is 0 Å². The van der Waals surface area contributed by atoms with Crippen molar-refractivity contribution in [3.05, 3.63) is 47.7 Å². The van der Waals surface area contributed by atoms with Gasteiger partial charge in [0, 0.05) is 18.3 Å². The van der Waals surface area contributed by atoms with Gasteiger partial charge < -0.3 is 20.4 Å². The predicted molar refractivity (Wildman–Crippen MR) is 86.0 cm³/mol. The van der Waals surface area contributed by atoms with E-state index in [1.165, 1.54) is 0 Å². The van der Waals surface area contributed by atoms with E-state index in [1.807, 2.05) is 37.3 Å². The third-order valence-corrected chi connectivity index (χ3v) is 4.65. The summed E-state index contributed by atoms with van der Waals surface area (Å²) in [5.74, 6) is -2.25. The van der Waals surface area contributed by atoms with Crippen molar-refractivity contribution in [1.29, 1.82) is 0 Å². The molecule has 1 aliphatic rings. The monoisotopic (exact) mass is 320 g/mol. The lowest BCUT2D eigenvalue weighted by Crippen LogP contribution is -2.26. The highest BCUT2D eigenvalue weighted by Gasteiger charge is 2.44. The van der Waals surface area contributed by atoms with E-state index in [4.69, 9.17) is 5.11 Å². The molecule has 0 spiro atoms. The summed E-state index contributed by atoms with van der Waals surface area (Å²) >= 11 is 0. The number of carboxylic acids is 1. The molecule has 0 saturated heterocycles. The normalized spacial score (nSPS) is 29.4. The Kier molecular flexibility index (Phi) is 5.80. The first-order valence-electron chi connectivity index (χ1n) is 7.92. The van der Waals surface area contributed by atoms with Gasteiger partial charge in [-0.1, -0.05) is 37.3 Å². The smallest absolute Gasteiger partial charge is 0.303 e. The van der Waals surface area contributed by atoms with Gasteiger partial charge in [-0.15, -0.1) is 0 Å². The molecule has 0 aromatic heterocycles. The van der Waals surface area contributed by atoms with E-state index >= 15 is 0 Å². The quantitative estimate of drug-likeness (QED) is 0.604. The summed E-state index contributed by atoms with van der Waals surface area (Å²) in [5.41, 5.74) is 1.14. The highest BCUT2D eigenvalue weighted by atomic mass is 16.4. The van der Waals surface area contributed by atoms with Crippen LogP contribution in [0.25, 0.3) is 0 Å². The lowest BCUT2D eigenvalue weighted by Gasteiger charge is -2.22. The van der Waals surface area contributed by atoms with Crippen LogP contribution in [0.5, 0.6) is 0 Å². The molecule has 1 saturated carbocycles. The maximum absolute atomic E-state index is 10.9. The van der Waals surface area contributed by atoms with E-state index in [1.54, 1.807) is 6.08 Å². The molecule has 1 unspecified atom stereocenters. The molecule has 0 radical (unpaired) electrons. The van der Waals surface area contributed by atoms with Crippen LogP contribution in [0.4, 0.5) is 0 Å². The molecule has 126 valence electrons. The van der Waals surface area contributed by atoms with Gasteiger partial charge in [0.1, 0.15) is 0 Å². The van der Waals surface area contributed by atoms with Crippen LogP contribution >= 0.6 is 0 Å². The van der Waals surface area contributed by atoms with Crippen LogP contribution in [0.3, 0.4) is 0 Å². The SMILES string of the molecule is CC(CC=C(O)[C@@H]1[C@@H](CC(=O)O)[C@@H](O)C[C@H]1O)c1ccccc1. The first-order valence-corrected chi connectivity index (χ1v) is 7.92. The number of aliphatic carboxylic acids is 1. The zero-order chi connectivity index (χ0) is 17.0. The van der Waals surface area contributed by atoms with Gasteiger partial charge in [-0.2, -0.15) is 0 Å². The number of hydrogen-bond acceptors (Lipinski definition) is 4. The summed E-state index contributed by atoms with van der Waals surface area (Å²) in [4.78, 5) is 10.9. The third-order valence-electron chi connectivity index (χ3n) is 4.65. The molecule has 5 atom stereocenters. The summed E-state index contributed by atoms with van der Waals surface area (Å²) in [6.45, 7) is 2.04. The standard InChI is InChI=1S/C18H24O5/c1-11(12-5-3-2-4-6-12)7-8-14(19)18-13(9-17(22)23)15(20)10-16(18)21/h2-6,8,11,13,15-16,18-21H,7,9-10H2,1H3,(H,22,23)/t11?,13-,15-,16+,18-/m0/s1. The minimum Gasteiger partial charge on any atom is -0.512 e. The van der Waals surface area contributed by atoms with Crippen LogP contribution in [0, 0.1) is 11.8 Å². The zero-order valence-electron chi connectivity index (χ0n) is 13.2. The second-order valence-electron chi connectivity index (χ2n) is 6.33. The third kappa shape index (κ3) is 4.33. The van der Waals surface area contributed by atoms with Crippen molar-refractivity contribution in [1.82, 2.24) is 0 Å². The molecule has 1 fully saturated rings. The van der Waals surface area contributed by atoms with E-state index in [0.29, 0.717) is 6.42 Å². The second-order valence-corrected chi connectivity index (χ2v) is 6.33. The maximum Gasteiger partial charge on any atom is 0.303 e. The molecule has 1 aromatic carbocycles. The van der Waals surface area contributed by atoms with Crippen LogP contribution in [-0.2, 0) is 4.79 Å². The number of hydrogen-bond donors (Lipinski definition) is 4. The Balaban J connectivity index is 2.07. The van der Waals surface area contributed by atoms with Crippen LogP contribution in [0.15, 0.2) is 42.2 Å². The van der Waals surface area contributed by atoms with Crippen LogP contribution in [0.1, 0.15) is 37.7 Å². The van der Waals surface area contributed by atoms with Crippen molar-refractivity contribution in [2.45, 2.75) is 44.3 Å². The first-order chi connectivity index (χ1) is 10.9.